The van der Waals surface area contributed by atoms with Crippen LogP contribution in [0, 0.1) is 0 Å². The Morgan fingerprint density at radius 3 is 2.62 bits per heavy atom. The molecule has 0 aliphatic carbocycles. The number of alkyl halides is 1. The van der Waals surface area contributed by atoms with Crippen molar-refractivity contribution in [3.05, 3.63) is 29.8 Å². The lowest BCUT2D eigenvalue weighted by atomic mass is 10.0. The molecule has 88 valence electrons. The summed E-state index contributed by atoms with van der Waals surface area (Å²) in [5, 5.41) is 21.8. The molecule has 0 saturated carbocycles. The Balaban J connectivity index is 2.98. The van der Waals surface area contributed by atoms with Gasteiger partial charge in [-0.1, -0.05) is 18.2 Å². The minimum atomic E-state index is -1.11. The summed E-state index contributed by atoms with van der Waals surface area (Å²) in [5.74, 6) is -0.310. The van der Waals surface area contributed by atoms with Gasteiger partial charge in [-0.25, -0.2) is 0 Å². The Hall–Kier alpha value is -1.10. The van der Waals surface area contributed by atoms with E-state index >= 15 is 0 Å². The van der Waals surface area contributed by atoms with Gasteiger partial charge in [-0.05, 0) is 6.07 Å². The molecule has 0 aromatic heterocycles. The van der Waals surface area contributed by atoms with E-state index in [9.17, 15) is 15.0 Å². The fraction of sp³-hybridized carbons (Fsp3) is 0.364. The highest BCUT2D eigenvalue weighted by molar-refractivity contribution is 6.18. The fourth-order valence-electron chi connectivity index (χ4n) is 1.35. The van der Waals surface area contributed by atoms with Gasteiger partial charge in [0.2, 0.25) is 5.91 Å². The third kappa shape index (κ3) is 3.20. The summed E-state index contributed by atoms with van der Waals surface area (Å²) in [6.07, 6.45) is -2.17. The molecule has 0 spiro atoms. The van der Waals surface area contributed by atoms with Crippen LogP contribution < -0.4 is 5.32 Å². The Kier molecular flexibility index (Phi) is 4.73. The van der Waals surface area contributed by atoms with Crippen LogP contribution in [0.2, 0.25) is 0 Å². The highest BCUT2D eigenvalue weighted by atomic mass is 35.5. The lowest BCUT2D eigenvalue weighted by molar-refractivity contribution is -0.114. The van der Waals surface area contributed by atoms with Gasteiger partial charge in [0, 0.05) is 18.2 Å². The monoisotopic (exact) mass is 243 g/mol. The van der Waals surface area contributed by atoms with Crippen LogP contribution in [-0.4, -0.2) is 28.1 Å². The number of rotatable bonds is 4. The summed E-state index contributed by atoms with van der Waals surface area (Å²) in [6, 6.07) is 6.73. The quantitative estimate of drug-likeness (QED) is 0.698. The summed E-state index contributed by atoms with van der Waals surface area (Å²) in [6.45, 7) is 1.38. The van der Waals surface area contributed by atoms with Crippen LogP contribution in [0.15, 0.2) is 24.3 Å². The zero-order chi connectivity index (χ0) is 12.1. The first-order valence-corrected chi connectivity index (χ1v) is 5.38. The number of nitrogens with one attached hydrogen (secondary N) is 1. The first-order valence-electron chi connectivity index (χ1n) is 4.85. The number of aliphatic hydroxyl groups is 2. The molecule has 5 heteroatoms. The van der Waals surface area contributed by atoms with Crippen LogP contribution in [0.5, 0.6) is 0 Å². The number of carbonyl (C=O) groups is 1. The zero-order valence-electron chi connectivity index (χ0n) is 8.85. The summed E-state index contributed by atoms with van der Waals surface area (Å²) in [5.41, 5.74) is 0.928. The minimum absolute atomic E-state index is 0.0738. The van der Waals surface area contributed by atoms with Gasteiger partial charge in [0.05, 0.1) is 12.0 Å². The molecule has 0 heterocycles. The Morgan fingerprint density at radius 2 is 2.06 bits per heavy atom. The number of hydrogen-bond acceptors (Lipinski definition) is 3. The molecule has 1 amide bonds. The molecule has 0 saturated heterocycles. The SMILES string of the molecule is CC(=O)Nc1ccccc1C(O)C(O)CCl. The molecule has 2 atom stereocenters. The van der Waals surface area contributed by atoms with Gasteiger partial charge in [-0.3, -0.25) is 4.79 Å². The molecule has 0 bridgehead atoms. The minimum Gasteiger partial charge on any atom is -0.389 e. The Labute approximate surface area is 98.9 Å². The summed E-state index contributed by atoms with van der Waals surface area (Å²) < 4.78 is 0. The summed E-state index contributed by atoms with van der Waals surface area (Å²) in [7, 11) is 0. The second-order valence-corrected chi connectivity index (χ2v) is 3.74. The molecule has 0 radical (unpaired) electrons. The van der Waals surface area contributed by atoms with Crippen LogP contribution in [0.3, 0.4) is 0 Å². The molecule has 1 aromatic rings. The molecule has 16 heavy (non-hydrogen) atoms. The summed E-state index contributed by atoms with van der Waals surface area (Å²) >= 11 is 5.46. The van der Waals surface area contributed by atoms with Crippen molar-refractivity contribution in [2.45, 2.75) is 19.1 Å². The van der Waals surface area contributed by atoms with Crippen LogP contribution >= 0.6 is 11.6 Å². The molecule has 0 fully saturated rings. The molecule has 1 aromatic carbocycles. The van der Waals surface area contributed by atoms with Gasteiger partial charge >= 0.3 is 0 Å². The van der Waals surface area contributed by atoms with E-state index in [-0.39, 0.29) is 11.8 Å². The van der Waals surface area contributed by atoms with Gasteiger partial charge in [-0.2, -0.15) is 0 Å². The smallest absolute Gasteiger partial charge is 0.221 e. The number of hydrogen-bond donors (Lipinski definition) is 3. The van der Waals surface area contributed by atoms with E-state index in [2.05, 4.69) is 5.32 Å². The highest BCUT2D eigenvalue weighted by Crippen LogP contribution is 2.25. The van der Waals surface area contributed by atoms with Gasteiger partial charge in [-0.15, -0.1) is 11.6 Å². The Bertz CT molecular complexity index is 370. The van der Waals surface area contributed by atoms with Crippen molar-refractivity contribution in [1.82, 2.24) is 0 Å². The average Bonchev–Trinajstić information content (AvgIpc) is 2.27. The normalized spacial score (nSPS) is 14.2. The molecular formula is C11H14ClNO3. The number of benzene rings is 1. The van der Waals surface area contributed by atoms with Gasteiger partial charge in [0.25, 0.3) is 0 Å². The number of aliphatic hydroxyl groups excluding tert-OH is 2. The van der Waals surface area contributed by atoms with Crippen LogP contribution in [0.4, 0.5) is 5.69 Å². The van der Waals surface area contributed by atoms with E-state index in [0.29, 0.717) is 11.3 Å². The van der Waals surface area contributed by atoms with E-state index in [1.165, 1.54) is 6.92 Å². The summed E-state index contributed by atoms with van der Waals surface area (Å²) in [4.78, 5) is 10.9. The van der Waals surface area contributed by atoms with Crippen LogP contribution in [-0.2, 0) is 4.79 Å². The number of amides is 1. The largest absolute Gasteiger partial charge is 0.389 e. The van der Waals surface area contributed by atoms with Gasteiger partial charge in [0.15, 0.2) is 0 Å². The number of anilines is 1. The second kappa shape index (κ2) is 5.84. The molecular weight excluding hydrogens is 230 g/mol. The first-order chi connectivity index (χ1) is 7.56. The van der Waals surface area contributed by atoms with Gasteiger partial charge in [0.1, 0.15) is 6.10 Å². The van der Waals surface area contributed by atoms with E-state index in [1.54, 1.807) is 24.3 Å². The second-order valence-electron chi connectivity index (χ2n) is 3.43. The molecule has 0 aliphatic rings. The molecule has 0 aliphatic heterocycles. The lowest BCUT2D eigenvalue weighted by Gasteiger charge is -2.19. The maximum Gasteiger partial charge on any atom is 0.221 e. The topological polar surface area (TPSA) is 69.6 Å². The number of para-hydroxylation sites is 1. The van der Waals surface area contributed by atoms with Crippen molar-refractivity contribution >= 4 is 23.2 Å². The van der Waals surface area contributed by atoms with Crippen molar-refractivity contribution < 1.29 is 15.0 Å². The maximum absolute atomic E-state index is 10.9. The fourth-order valence-corrected chi connectivity index (χ4v) is 1.52. The maximum atomic E-state index is 10.9. The number of carbonyl (C=O) groups excluding carboxylic acids is 1. The van der Waals surface area contributed by atoms with E-state index in [4.69, 9.17) is 11.6 Å². The molecule has 2 unspecified atom stereocenters. The van der Waals surface area contributed by atoms with E-state index < -0.39 is 12.2 Å². The lowest BCUT2D eigenvalue weighted by Crippen LogP contribution is -2.21. The van der Waals surface area contributed by atoms with Crippen molar-refractivity contribution in [2.75, 3.05) is 11.2 Å². The number of halogens is 1. The van der Waals surface area contributed by atoms with Crippen molar-refractivity contribution in [2.24, 2.45) is 0 Å². The predicted molar refractivity (Wildman–Crippen MR) is 62.4 cm³/mol. The third-order valence-corrected chi connectivity index (χ3v) is 2.43. The first kappa shape index (κ1) is 13.0. The van der Waals surface area contributed by atoms with Crippen LogP contribution in [0.1, 0.15) is 18.6 Å². The van der Waals surface area contributed by atoms with Crippen molar-refractivity contribution in [3.63, 3.8) is 0 Å². The highest BCUT2D eigenvalue weighted by Gasteiger charge is 2.20. The zero-order valence-corrected chi connectivity index (χ0v) is 9.61. The van der Waals surface area contributed by atoms with E-state index in [1.807, 2.05) is 0 Å². The average molecular weight is 244 g/mol. The predicted octanol–water partition coefficient (Wildman–Crippen LogP) is 1.28. The molecule has 3 N–H and O–H groups in total. The van der Waals surface area contributed by atoms with Gasteiger partial charge < -0.3 is 15.5 Å². The standard InChI is InChI=1S/C11H14ClNO3/c1-7(14)13-9-5-3-2-4-8(9)11(16)10(15)6-12/h2-5,10-11,15-16H,6H2,1H3,(H,13,14). The molecule has 4 nitrogen and oxygen atoms in total. The molecule has 1 rings (SSSR count). The third-order valence-electron chi connectivity index (χ3n) is 2.11. The van der Waals surface area contributed by atoms with Crippen molar-refractivity contribution in [3.8, 4) is 0 Å². The van der Waals surface area contributed by atoms with Crippen molar-refractivity contribution in [1.29, 1.82) is 0 Å². The Morgan fingerprint density at radius 1 is 1.44 bits per heavy atom. The van der Waals surface area contributed by atoms with Crippen LogP contribution in [0.25, 0.3) is 0 Å². The van der Waals surface area contributed by atoms with E-state index in [0.717, 1.165) is 0 Å².